The molecule has 0 amide bonds. The average Bonchev–Trinajstić information content (AvgIpc) is 3.24. The van der Waals surface area contributed by atoms with Crippen molar-refractivity contribution in [1.82, 2.24) is 9.29 Å². The number of hydrogen-bond acceptors (Lipinski definition) is 5. The van der Waals surface area contributed by atoms with E-state index in [1.54, 1.807) is 11.5 Å². The lowest BCUT2D eigenvalue weighted by Crippen LogP contribution is -2.42. The van der Waals surface area contributed by atoms with Crippen molar-refractivity contribution >= 4 is 32.9 Å². The Morgan fingerprint density at radius 3 is 2.32 bits per heavy atom. The van der Waals surface area contributed by atoms with E-state index in [9.17, 15) is 37.0 Å². The van der Waals surface area contributed by atoms with Crippen LogP contribution in [0.15, 0.2) is 71.8 Å². The number of sulfonamides is 1. The lowest BCUT2D eigenvalue weighted by molar-refractivity contribution is -0.138. The van der Waals surface area contributed by atoms with Crippen LogP contribution < -0.4 is 9.46 Å². The minimum absolute atomic E-state index is 0.0146. The monoisotopic (exact) mass is 582 g/mol. The third-order valence-electron chi connectivity index (χ3n) is 6.13. The Labute approximate surface area is 234 Å². The van der Waals surface area contributed by atoms with E-state index in [0.717, 1.165) is 18.2 Å². The van der Waals surface area contributed by atoms with Crippen molar-refractivity contribution in [2.24, 2.45) is 0 Å². The van der Waals surface area contributed by atoms with Crippen LogP contribution in [0.2, 0.25) is 0 Å². The van der Waals surface area contributed by atoms with Crippen LogP contribution in [0.1, 0.15) is 28.4 Å². The summed E-state index contributed by atoms with van der Waals surface area (Å²) in [6.07, 6.45) is 1.16. The first-order chi connectivity index (χ1) is 19.5. The van der Waals surface area contributed by atoms with Gasteiger partial charge in [-0.25, -0.2) is 22.0 Å². The highest BCUT2D eigenvalue weighted by Crippen LogP contribution is 2.26. The summed E-state index contributed by atoms with van der Waals surface area (Å²) in [4.78, 5) is 23.6. The number of carbonyl (C=O) groups is 2. The van der Waals surface area contributed by atoms with Crippen molar-refractivity contribution < 1.29 is 41.7 Å². The number of nitrogens with zero attached hydrogens (tertiary/aromatic N) is 1. The molecule has 212 valence electrons. The van der Waals surface area contributed by atoms with Crippen molar-refractivity contribution in [3.63, 3.8) is 0 Å². The second-order valence-corrected chi connectivity index (χ2v) is 10.7. The third-order valence-corrected chi connectivity index (χ3v) is 7.61. The summed E-state index contributed by atoms with van der Waals surface area (Å²) >= 11 is 0. The first-order valence-corrected chi connectivity index (χ1v) is 13.6. The molecule has 0 spiro atoms. The lowest BCUT2D eigenvalue weighted by Gasteiger charge is -2.15. The molecule has 0 unspecified atom stereocenters. The zero-order valence-electron chi connectivity index (χ0n) is 21.6. The number of carboxylic acid groups (broad SMARTS) is 2. The van der Waals surface area contributed by atoms with Crippen LogP contribution in [-0.2, 0) is 27.8 Å². The van der Waals surface area contributed by atoms with Crippen molar-refractivity contribution in [3.05, 3.63) is 95.2 Å². The summed E-state index contributed by atoms with van der Waals surface area (Å²) in [5.74, 6) is 1.51. The number of aromatic nitrogens is 1. The van der Waals surface area contributed by atoms with Gasteiger partial charge in [-0.05, 0) is 72.6 Å². The molecule has 0 bridgehead atoms. The van der Waals surface area contributed by atoms with E-state index < -0.39 is 39.6 Å². The molecule has 0 fully saturated rings. The molecule has 0 saturated heterocycles. The molecule has 1 aromatic heterocycles. The molecular weight excluding hydrogens is 558 g/mol. The minimum Gasteiger partial charge on any atom is -0.481 e. The third kappa shape index (κ3) is 7.08. The first-order valence-electron chi connectivity index (χ1n) is 12.1. The Morgan fingerprint density at radius 1 is 1.02 bits per heavy atom. The molecule has 0 aliphatic carbocycles. The Hall–Kier alpha value is -4.73. The molecule has 4 rings (SSSR count). The molecule has 12 heteroatoms. The number of fused-ring (bicyclic) bond motifs is 1. The van der Waals surface area contributed by atoms with Crippen LogP contribution in [0.25, 0.3) is 10.9 Å². The largest absolute Gasteiger partial charge is 0.481 e. The van der Waals surface area contributed by atoms with Crippen LogP contribution in [0.5, 0.6) is 5.75 Å². The second kappa shape index (κ2) is 12.2. The summed E-state index contributed by atoms with van der Waals surface area (Å²) in [5.41, 5.74) is 0.978. The Balaban J connectivity index is 1.65. The Morgan fingerprint density at radius 2 is 1.71 bits per heavy atom. The predicted molar refractivity (Wildman–Crippen MR) is 145 cm³/mol. The standard InChI is InChI=1S/C29H24F2N2O7S/c1-2-3-10-40-23-5-7-24(8-6-23)41(38,39)32-26(29(36)37)14-20-17-33(16-18-11-21(30)15-22(31)12-18)27-9-4-19(28(34)35)13-25(20)27/h4-9,11-13,15,17,26,32H,10,14,16H2,1H3,(H,34,35)(H,36,37)/t26-/m0/s1. The van der Waals surface area contributed by atoms with E-state index in [-0.39, 0.29) is 35.6 Å². The molecule has 1 heterocycles. The van der Waals surface area contributed by atoms with Gasteiger partial charge in [-0.1, -0.05) is 5.92 Å². The number of nitrogens with one attached hydrogen (secondary N) is 1. The van der Waals surface area contributed by atoms with Crippen molar-refractivity contribution in [1.29, 1.82) is 0 Å². The Kier molecular flexibility index (Phi) is 8.71. The summed E-state index contributed by atoms with van der Waals surface area (Å²) in [5, 5.41) is 19.7. The van der Waals surface area contributed by atoms with Crippen LogP contribution in [0, 0.1) is 23.5 Å². The summed E-state index contributed by atoms with van der Waals surface area (Å²) in [7, 11) is -4.29. The zero-order chi connectivity index (χ0) is 29.7. The maximum atomic E-state index is 13.8. The molecule has 3 aromatic carbocycles. The van der Waals surface area contributed by atoms with Gasteiger partial charge in [0, 0.05) is 36.1 Å². The topological polar surface area (TPSA) is 135 Å². The van der Waals surface area contributed by atoms with Crippen LogP contribution in [0.3, 0.4) is 0 Å². The number of aromatic carboxylic acids is 1. The summed E-state index contributed by atoms with van der Waals surface area (Å²) in [6, 6.07) is 10.9. The van der Waals surface area contributed by atoms with Gasteiger partial charge in [-0.15, -0.1) is 5.92 Å². The van der Waals surface area contributed by atoms with Gasteiger partial charge in [-0.3, -0.25) is 4.79 Å². The van der Waals surface area contributed by atoms with Crippen LogP contribution in [0.4, 0.5) is 8.78 Å². The molecule has 9 nitrogen and oxygen atoms in total. The Bertz CT molecular complexity index is 1770. The maximum Gasteiger partial charge on any atom is 0.335 e. The van der Waals surface area contributed by atoms with Crippen molar-refractivity contribution in [2.75, 3.05) is 6.61 Å². The van der Waals surface area contributed by atoms with E-state index in [1.165, 1.54) is 48.7 Å². The number of halogens is 2. The number of rotatable bonds is 11. The minimum atomic E-state index is -4.29. The average molecular weight is 583 g/mol. The number of hydrogen-bond donors (Lipinski definition) is 3. The fourth-order valence-corrected chi connectivity index (χ4v) is 5.45. The van der Waals surface area contributed by atoms with Crippen LogP contribution in [-0.4, -0.2) is 47.8 Å². The quantitative estimate of drug-likeness (QED) is 0.227. The van der Waals surface area contributed by atoms with Gasteiger partial charge in [0.1, 0.15) is 30.0 Å². The van der Waals surface area contributed by atoms with Crippen LogP contribution >= 0.6 is 0 Å². The highest BCUT2D eigenvalue weighted by Gasteiger charge is 2.27. The van der Waals surface area contributed by atoms with E-state index in [0.29, 0.717) is 22.2 Å². The number of ether oxygens (including phenoxy) is 1. The number of aliphatic carboxylic acids is 1. The van der Waals surface area contributed by atoms with E-state index >= 15 is 0 Å². The summed E-state index contributed by atoms with van der Waals surface area (Å²) < 4.78 is 62.8. The van der Waals surface area contributed by atoms with Gasteiger partial charge in [0.2, 0.25) is 10.0 Å². The molecule has 41 heavy (non-hydrogen) atoms. The van der Waals surface area contributed by atoms with Gasteiger partial charge < -0.3 is 19.5 Å². The fraction of sp³-hybridized carbons (Fsp3) is 0.172. The van der Waals surface area contributed by atoms with Crippen molar-refractivity contribution in [3.8, 4) is 17.6 Å². The molecule has 0 aliphatic heterocycles. The number of benzene rings is 3. The molecule has 3 N–H and O–H groups in total. The normalized spacial score (nSPS) is 12.0. The summed E-state index contributed by atoms with van der Waals surface area (Å²) in [6.45, 7) is 1.75. The van der Waals surface area contributed by atoms with Gasteiger partial charge in [-0.2, -0.15) is 4.72 Å². The van der Waals surface area contributed by atoms with Crippen molar-refractivity contribution in [2.45, 2.75) is 30.8 Å². The van der Waals surface area contributed by atoms with E-state index in [1.807, 2.05) is 0 Å². The SMILES string of the molecule is CC#CCOc1ccc(S(=O)(=O)N[C@@H](Cc2cn(Cc3cc(F)cc(F)c3)c3ccc(C(=O)O)cc23)C(=O)O)cc1. The molecular formula is C29H24F2N2O7S. The highest BCUT2D eigenvalue weighted by molar-refractivity contribution is 7.89. The predicted octanol–water partition coefficient (Wildman–Crippen LogP) is 4.04. The smallest absolute Gasteiger partial charge is 0.335 e. The zero-order valence-corrected chi connectivity index (χ0v) is 22.4. The maximum absolute atomic E-state index is 13.8. The number of carboxylic acids is 2. The highest BCUT2D eigenvalue weighted by atomic mass is 32.2. The molecule has 0 radical (unpaired) electrons. The van der Waals surface area contributed by atoms with E-state index in [2.05, 4.69) is 16.6 Å². The molecule has 0 aliphatic rings. The second-order valence-electron chi connectivity index (χ2n) is 9.00. The van der Waals surface area contributed by atoms with Gasteiger partial charge >= 0.3 is 11.9 Å². The van der Waals surface area contributed by atoms with Gasteiger partial charge in [0.25, 0.3) is 0 Å². The van der Waals surface area contributed by atoms with Gasteiger partial charge in [0.05, 0.1) is 10.5 Å². The molecule has 4 aromatic rings. The molecule has 0 saturated carbocycles. The fourth-order valence-electron chi connectivity index (χ4n) is 4.26. The lowest BCUT2D eigenvalue weighted by atomic mass is 10.0. The van der Waals surface area contributed by atoms with E-state index in [4.69, 9.17) is 4.74 Å². The molecule has 1 atom stereocenters. The van der Waals surface area contributed by atoms with Gasteiger partial charge in [0.15, 0.2) is 0 Å². The first kappa shape index (κ1) is 29.3.